The number of aromatic nitrogens is 2. The number of halogens is 2. The number of ether oxygens (including phenoxy) is 1. The van der Waals surface area contributed by atoms with Crippen LogP contribution >= 0.6 is 0 Å². The lowest BCUT2D eigenvalue weighted by Crippen LogP contribution is -2.37. The number of fused-ring (bicyclic) bond motifs is 1. The average molecular weight is 610 g/mol. The molecular formula is C30H29F2N5O7. The maximum atomic E-state index is 15.3. The van der Waals surface area contributed by atoms with Gasteiger partial charge in [0, 0.05) is 38.2 Å². The van der Waals surface area contributed by atoms with Crippen LogP contribution < -0.4 is 20.5 Å². The molecule has 0 bridgehead atoms. The number of ketones is 1. The number of hydrogen-bond acceptors (Lipinski definition) is 8. The molecule has 6 rings (SSSR count). The summed E-state index contributed by atoms with van der Waals surface area (Å²) in [6.07, 6.45) is 2.17. The van der Waals surface area contributed by atoms with Crippen molar-refractivity contribution in [2.24, 2.45) is 5.92 Å². The Morgan fingerprint density at radius 3 is 2.41 bits per heavy atom. The molecule has 44 heavy (non-hydrogen) atoms. The van der Waals surface area contributed by atoms with Crippen LogP contribution in [-0.4, -0.2) is 70.7 Å². The van der Waals surface area contributed by atoms with Gasteiger partial charge in [-0.3, -0.25) is 19.3 Å². The highest BCUT2D eigenvalue weighted by atomic mass is 19.1. The lowest BCUT2D eigenvalue weighted by Gasteiger charge is -2.32. The molecule has 1 atom stereocenters. The van der Waals surface area contributed by atoms with Crippen LogP contribution in [0.3, 0.4) is 0 Å². The van der Waals surface area contributed by atoms with Crippen molar-refractivity contribution in [2.45, 2.75) is 44.8 Å². The number of carbonyl (C=O) groups is 4. The number of rotatable bonds is 8. The van der Waals surface area contributed by atoms with Crippen LogP contribution in [0.5, 0.6) is 0 Å². The molecule has 4 heterocycles. The van der Waals surface area contributed by atoms with Crippen molar-refractivity contribution in [2.75, 3.05) is 36.0 Å². The fraction of sp³-hybridized carbons (Fsp3) is 0.400. The van der Waals surface area contributed by atoms with Crippen LogP contribution in [0.15, 0.2) is 35.3 Å². The number of anilines is 2. The van der Waals surface area contributed by atoms with Gasteiger partial charge in [-0.05, 0) is 49.9 Å². The number of carboxylic acids is 1. The van der Waals surface area contributed by atoms with Gasteiger partial charge in [0.2, 0.25) is 11.3 Å². The van der Waals surface area contributed by atoms with Crippen molar-refractivity contribution in [3.8, 4) is 0 Å². The Kier molecular flexibility index (Phi) is 7.51. The maximum absolute atomic E-state index is 15.3. The minimum atomic E-state index is -1.39. The van der Waals surface area contributed by atoms with Crippen molar-refractivity contribution in [3.05, 3.63) is 63.4 Å². The third-order valence-corrected chi connectivity index (χ3v) is 8.26. The zero-order valence-corrected chi connectivity index (χ0v) is 23.7. The molecule has 3 fully saturated rings. The molecule has 2 amide bonds. The molecule has 0 spiro atoms. The quantitative estimate of drug-likeness (QED) is 0.367. The fourth-order valence-corrected chi connectivity index (χ4v) is 5.78. The SMILES string of the molecule is CC(=O)NCC1CN(c2ccc(C(=O)C3CCN(c4nc5c(cc4F)c(=O)c(C(=O)O)cn5C4CC4)CC3)c(F)c2)C(=O)O1. The summed E-state index contributed by atoms with van der Waals surface area (Å²) in [5.74, 6) is -4.15. The summed E-state index contributed by atoms with van der Waals surface area (Å²) >= 11 is 0. The van der Waals surface area contributed by atoms with E-state index in [0.717, 1.165) is 25.0 Å². The van der Waals surface area contributed by atoms with E-state index >= 15 is 8.78 Å². The second-order valence-electron chi connectivity index (χ2n) is 11.3. The third-order valence-electron chi connectivity index (χ3n) is 8.26. The van der Waals surface area contributed by atoms with Crippen molar-refractivity contribution < 1.29 is 37.8 Å². The number of piperidine rings is 1. The molecule has 2 N–H and O–H groups in total. The summed E-state index contributed by atoms with van der Waals surface area (Å²) in [4.78, 5) is 68.4. The normalized spacial score (nSPS) is 18.9. The van der Waals surface area contributed by atoms with E-state index in [1.807, 2.05) is 0 Å². The van der Waals surface area contributed by atoms with Gasteiger partial charge in [0.1, 0.15) is 23.1 Å². The van der Waals surface area contributed by atoms with Gasteiger partial charge in [0.25, 0.3) is 0 Å². The standard InChI is InChI=1S/C30H29F2N5O7/c1-15(38)33-12-19-13-37(30(43)44-19)18-4-5-20(23(31)10-18)25(39)16-6-8-35(9-7-16)28-24(32)11-21-26(40)22(29(41)42)14-36(17-2-3-17)27(21)34-28/h4-5,10-11,14,16-17,19H,2-3,6-9,12-13H2,1H3,(H,33,38)(H,41,42). The average Bonchev–Trinajstić information content (AvgIpc) is 3.77. The number of benzene rings is 1. The molecule has 1 saturated carbocycles. The number of aromatic carboxylic acids is 1. The number of nitrogens with zero attached hydrogens (tertiary/aromatic N) is 4. The molecule has 3 aromatic rings. The smallest absolute Gasteiger partial charge is 0.414 e. The topological polar surface area (TPSA) is 151 Å². The summed E-state index contributed by atoms with van der Waals surface area (Å²) in [6.45, 7) is 2.08. The van der Waals surface area contributed by atoms with Crippen LogP contribution in [0.2, 0.25) is 0 Å². The van der Waals surface area contributed by atoms with Gasteiger partial charge in [-0.2, -0.15) is 0 Å². The fourth-order valence-electron chi connectivity index (χ4n) is 5.78. The minimum absolute atomic E-state index is 0.00473. The Bertz CT molecular complexity index is 1760. The van der Waals surface area contributed by atoms with E-state index in [2.05, 4.69) is 10.3 Å². The van der Waals surface area contributed by atoms with Gasteiger partial charge < -0.3 is 24.6 Å². The first-order valence-electron chi connectivity index (χ1n) is 14.3. The molecule has 1 unspecified atom stereocenters. The Balaban J connectivity index is 1.16. The third kappa shape index (κ3) is 5.47. The van der Waals surface area contributed by atoms with Gasteiger partial charge in [-0.15, -0.1) is 0 Å². The molecule has 14 heteroatoms. The van der Waals surface area contributed by atoms with E-state index in [9.17, 15) is 29.1 Å². The number of carboxylic acid groups (broad SMARTS) is 1. The van der Waals surface area contributed by atoms with Gasteiger partial charge in [-0.1, -0.05) is 0 Å². The summed E-state index contributed by atoms with van der Waals surface area (Å²) < 4.78 is 37.3. The van der Waals surface area contributed by atoms with E-state index in [-0.39, 0.29) is 66.2 Å². The predicted molar refractivity (Wildman–Crippen MR) is 153 cm³/mol. The largest absolute Gasteiger partial charge is 0.477 e. The Morgan fingerprint density at radius 2 is 1.77 bits per heavy atom. The Hall–Kier alpha value is -4.88. The van der Waals surface area contributed by atoms with E-state index in [1.165, 1.54) is 30.2 Å². The number of pyridine rings is 2. The monoisotopic (exact) mass is 609 g/mol. The van der Waals surface area contributed by atoms with Crippen LogP contribution in [0, 0.1) is 17.6 Å². The second-order valence-corrected chi connectivity index (χ2v) is 11.3. The van der Waals surface area contributed by atoms with Crippen molar-refractivity contribution >= 4 is 46.3 Å². The molecule has 2 saturated heterocycles. The zero-order chi connectivity index (χ0) is 31.3. The van der Waals surface area contributed by atoms with E-state index < -0.39 is 52.5 Å². The Labute approximate surface area is 249 Å². The number of Topliss-reactive ketones (excluding diaryl/α,β-unsaturated/α-hetero) is 1. The number of nitrogens with one attached hydrogen (secondary N) is 1. The highest BCUT2D eigenvalue weighted by Gasteiger charge is 2.35. The Morgan fingerprint density at radius 1 is 1.05 bits per heavy atom. The molecular weight excluding hydrogens is 580 g/mol. The van der Waals surface area contributed by atoms with Gasteiger partial charge in [-0.25, -0.2) is 23.4 Å². The van der Waals surface area contributed by atoms with E-state index in [1.54, 1.807) is 9.47 Å². The molecule has 0 radical (unpaired) electrons. The van der Waals surface area contributed by atoms with E-state index in [0.29, 0.717) is 12.8 Å². The first kappa shape index (κ1) is 29.2. The first-order chi connectivity index (χ1) is 21.0. The molecule has 2 aromatic heterocycles. The highest BCUT2D eigenvalue weighted by Crippen LogP contribution is 2.37. The summed E-state index contributed by atoms with van der Waals surface area (Å²) in [5, 5.41) is 11.9. The molecule has 2 aliphatic heterocycles. The van der Waals surface area contributed by atoms with Crippen molar-refractivity contribution in [1.29, 1.82) is 0 Å². The second kappa shape index (κ2) is 11.3. The van der Waals surface area contributed by atoms with Crippen molar-refractivity contribution in [1.82, 2.24) is 14.9 Å². The van der Waals surface area contributed by atoms with Crippen LogP contribution in [-0.2, 0) is 9.53 Å². The lowest BCUT2D eigenvalue weighted by molar-refractivity contribution is -0.119. The molecule has 3 aliphatic rings. The summed E-state index contributed by atoms with van der Waals surface area (Å²) in [5.41, 5.74) is -0.923. The molecule has 230 valence electrons. The molecule has 1 aliphatic carbocycles. The summed E-state index contributed by atoms with van der Waals surface area (Å²) in [7, 11) is 0. The summed E-state index contributed by atoms with van der Waals surface area (Å²) in [6, 6.07) is 4.91. The minimum Gasteiger partial charge on any atom is -0.477 e. The number of carbonyl (C=O) groups excluding carboxylic acids is 3. The predicted octanol–water partition coefficient (Wildman–Crippen LogP) is 3.27. The van der Waals surface area contributed by atoms with Crippen LogP contribution in [0.4, 0.5) is 25.1 Å². The van der Waals surface area contributed by atoms with Crippen LogP contribution in [0.1, 0.15) is 59.4 Å². The van der Waals surface area contributed by atoms with Crippen molar-refractivity contribution in [3.63, 3.8) is 0 Å². The van der Waals surface area contributed by atoms with Gasteiger partial charge in [0.15, 0.2) is 17.4 Å². The maximum Gasteiger partial charge on any atom is 0.414 e. The van der Waals surface area contributed by atoms with Gasteiger partial charge >= 0.3 is 12.1 Å². The highest BCUT2D eigenvalue weighted by molar-refractivity contribution is 5.99. The molecule has 12 nitrogen and oxygen atoms in total. The van der Waals surface area contributed by atoms with Crippen LogP contribution in [0.25, 0.3) is 11.0 Å². The van der Waals surface area contributed by atoms with Gasteiger partial charge in [0.05, 0.1) is 29.7 Å². The number of amides is 2. The number of hydrogen-bond donors (Lipinski definition) is 2. The van der Waals surface area contributed by atoms with E-state index in [4.69, 9.17) is 4.74 Å². The number of cyclic esters (lactones) is 1. The lowest BCUT2D eigenvalue weighted by atomic mass is 9.88. The molecule has 1 aromatic carbocycles. The first-order valence-corrected chi connectivity index (χ1v) is 14.3. The zero-order valence-electron chi connectivity index (χ0n) is 23.7.